The molecule has 4 rings (SSSR count). The number of hydrogen-bond donors (Lipinski definition) is 2. The van der Waals surface area contributed by atoms with Crippen molar-refractivity contribution in [2.75, 3.05) is 6.61 Å². The number of allylic oxidation sites excluding steroid dienone is 1. The lowest BCUT2D eigenvalue weighted by Gasteiger charge is -2.21. The van der Waals surface area contributed by atoms with E-state index in [4.69, 9.17) is 4.74 Å². The van der Waals surface area contributed by atoms with Crippen LogP contribution in [0.1, 0.15) is 67.7 Å². The van der Waals surface area contributed by atoms with Crippen molar-refractivity contribution in [3.63, 3.8) is 0 Å². The molecule has 198 valence electrons. The van der Waals surface area contributed by atoms with Crippen molar-refractivity contribution in [2.45, 2.75) is 58.3 Å². The Morgan fingerprint density at radius 1 is 1.00 bits per heavy atom. The number of aryl methyl sites for hydroxylation is 2. The molecule has 38 heavy (non-hydrogen) atoms. The molecule has 0 saturated carbocycles. The normalized spacial score (nSPS) is 16.5. The van der Waals surface area contributed by atoms with Crippen LogP contribution < -0.4 is 4.74 Å². The van der Waals surface area contributed by atoms with Gasteiger partial charge in [0.1, 0.15) is 11.5 Å². The second-order valence-electron chi connectivity index (χ2n) is 10.0. The molecule has 0 fully saturated rings. The summed E-state index contributed by atoms with van der Waals surface area (Å²) in [6, 6.07) is 26.2. The second kappa shape index (κ2) is 13.1. The Morgan fingerprint density at radius 2 is 1.71 bits per heavy atom. The van der Waals surface area contributed by atoms with Crippen molar-refractivity contribution < 1.29 is 19.7 Å². The Labute approximate surface area is 225 Å². The average molecular weight is 512 g/mol. The van der Waals surface area contributed by atoms with Crippen LogP contribution in [-0.4, -0.2) is 28.5 Å². The van der Waals surface area contributed by atoms with E-state index in [1.165, 1.54) is 11.1 Å². The Morgan fingerprint density at radius 3 is 2.39 bits per heavy atom. The number of aliphatic hydroxyl groups excluding tert-OH is 1. The van der Waals surface area contributed by atoms with Crippen molar-refractivity contribution >= 4 is 11.7 Å². The Hall–Kier alpha value is -3.86. The number of ether oxygens (including phenoxy) is 1. The van der Waals surface area contributed by atoms with Crippen molar-refractivity contribution in [3.8, 4) is 5.75 Å². The zero-order valence-corrected chi connectivity index (χ0v) is 22.3. The summed E-state index contributed by atoms with van der Waals surface area (Å²) >= 11 is 0. The van der Waals surface area contributed by atoms with Crippen LogP contribution in [0.25, 0.3) is 0 Å². The number of carboxylic acid groups (broad SMARTS) is 1. The number of carboxylic acids is 1. The molecule has 2 atom stereocenters. The van der Waals surface area contributed by atoms with Crippen LogP contribution in [0.4, 0.5) is 0 Å². The molecule has 1 aliphatic carbocycles. The minimum Gasteiger partial charge on any atom is -0.511 e. The van der Waals surface area contributed by atoms with E-state index in [-0.39, 0.29) is 17.6 Å². The summed E-state index contributed by atoms with van der Waals surface area (Å²) in [7, 11) is 0. The highest BCUT2D eigenvalue weighted by molar-refractivity contribution is 5.99. The predicted octanol–water partition coefficient (Wildman–Crippen LogP) is 7.51. The van der Waals surface area contributed by atoms with E-state index in [1.807, 2.05) is 73.7 Å². The SMILES string of the molecule is CC(=N/C(CCOc1ccc2c(c1)CCC2C(CCCc1ccccc1)C(=O)O)=C(/C)O)c1ccccc1. The van der Waals surface area contributed by atoms with Gasteiger partial charge in [0, 0.05) is 12.1 Å². The maximum atomic E-state index is 12.2. The third-order valence-corrected chi connectivity index (χ3v) is 7.38. The van der Waals surface area contributed by atoms with Crippen molar-refractivity contribution in [1.29, 1.82) is 0 Å². The Kier molecular flexibility index (Phi) is 9.36. The monoisotopic (exact) mass is 511 g/mol. The van der Waals surface area contributed by atoms with Gasteiger partial charge in [-0.2, -0.15) is 0 Å². The molecular weight excluding hydrogens is 474 g/mol. The molecule has 0 radical (unpaired) electrons. The van der Waals surface area contributed by atoms with Gasteiger partial charge in [0.15, 0.2) is 0 Å². The lowest BCUT2D eigenvalue weighted by Crippen LogP contribution is -2.21. The fourth-order valence-corrected chi connectivity index (χ4v) is 5.33. The summed E-state index contributed by atoms with van der Waals surface area (Å²) < 4.78 is 6.03. The van der Waals surface area contributed by atoms with Gasteiger partial charge in [-0.15, -0.1) is 0 Å². The van der Waals surface area contributed by atoms with Gasteiger partial charge in [0.05, 0.1) is 18.2 Å². The third-order valence-electron chi connectivity index (χ3n) is 7.38. The van der Waals surface area contributed by atoms with Gasteiger partial charge in [-0.05, 0) is 86.3 Å². The average Bonchev–Trinajstić information content (AvgIpc) is 3.34. The van der Waals surface area contributed by atoms with E-state index < -0.39 is 5.97 Å². The standard InChI is InChI=1S/C33H37NO4/c1-23(26-13-7-4-8-14-26)34-32(24(2)35)20-21-38-28-17-19-29-27(22-28)16-18-30(29)31(33(36)37)15-9-12-25-10-5-3-6-11-25/h3-8,10-11,13-14,17,19,22,30-31,35H,9,12,15-16,18,20-21H2,1-2H3,(H,36,37)/b32-24-,34-23?. The van der Waals surface area contributed by atoms with Gasteiger partial charge in [-0.1, -0.05) is 66.7 Å². The number of hydrogen-bond acceptors (Lipinski definition) is 4. The topological polar surface area (TPSA) is 79.1 Å². The zero-order chi connectivity index (χ0) is 26.9. The number of aliphatic hydroxyl groups is 1. The molecule has 3 aromatic carbocycles. The molecule has 0 aliphatic heterocycles. The van der Waals surface area contributed by atoms with Gasteiger partial charge in [-0.25, -0.2) is 0 Å². The first-order valence-electron chi connectivity index (χ1n) is 13.4. The molecule has 0 bridgehead atoms. The van der Waals surface area contributed by atoms with Gasteiger partial charge >= 0.3 is 5.97 Å². The minimum absolute atomic E-state index is 0.0363. The van der Waals surface area contributed by atoms with E-state index in [9.17, 15) is 15.0 Å². The zero-order valence-electron chi connectivity index (χ0n) is 22.3. The summed E-state index contributed by atoms with van der Waals surface area (Å²) in [5.74, 6) is -0.0974. The number of fused-ring (bicyclic) bond motifs is 1. The molecule has 0 saturated heterocycles. The Bertz CT molecular complexity index is 1280. The van der Waals surface area contributed by atoms with Crippen LogP contribution in [0.2, 0.25) is 0 Å². The summed E-state index contributed by atoms with van der Waals surface area (Å²) in [5, 5.41) is 20.2. The van der Waals surface area contributed by atoms with E-state index in [0.29, 0.717) is 25.1 Å². The highest BCUT2D eigenvalue weighted by Gasteiger charge is 2.34. The highest BCUT2D eigenvalue weighted by Crippen LogP contribution is 2.41. The van der Waals surface area contributed by atoms with Crippen molar-refractivity contribution in [3.05, 3.63) is 113 Å². The van der Waals surface area contributed by atoms with Crippen LogP contribution in [0.5, 0.6) is 5.75 Å². The highest BCUT2D eigenvalue weighted by atomic mass is 16.5. The fourth-order valence-electron chi connectivity index (χ4n) is 5.33. The van der Waals surface area contributed by atoms with Gasteiger partial charge < -0.3 is 14.9 Å². The largest absolute Gasteiger partial charge is 0.511 e. The van der Waals surface area contributed by atoms with E-state index in [2.05, 4.69) is 17.1 Å². The van der Waals surface area contributed by atoms with Gasteiger partial charge in [0.2, 0.25) is 0 Å². The number of rotatable bonds is 12. The lowest BCUT2D eigenvalue weighted by atomic mass is 9.83. The van der Waals surface area contributed by atoms with E-state index in [0.717, 1.165) is 48.3 Å². The molecule has 2 unspecified atom stereocenters. The number of aliphatic imine (C=N–C) groups is 1. The maximum absolute atomic E-state index is 12.2. The van der Waals surface area contributed by atoms with Crippen LogP contribution >= 0.6 is 0 Å². The van der Waals surface area contributed by atoms with Crippen molar-refractivity contribution in [2.24, 2.45) is 10.9 Å². The lowest BCUT2D eigenvalue weighted by molar-refractivity contribution is -0.142. The molecule has 0 aromatic heterocycles. The molecule has 2 N–H and O–H groups in total. The predicted molar refractivity (Wildman–Crippen MR) is 152 cm³/mol. The number of carbonyl (C=O) groups is 1. The molecule has 1 aliphatic rings. The molecule has 5 heteroatoms. The molecule has 0 spiro atoms. The molecular formula is C33H37NO4. The first-order chi connectivity index (χ1) is 18.4. The smallest absolute Gasteiger partial charge is 0.307 e. The van der Waals surface area contributed by atoms with E-state index >= 15 is 0 Å². The summed E-state index contributed by atoms with van der Waals surface area (Å²) in [6.45, 7) is 3.96. The molecule has 0 heterocycles. The summed E-state index contributed by atoms with van der Waals surface area (Å²) in [5.41, 5.74) is 6.02. The van der Waals surface area contributed by atoms with Gasteiger partial charge in [0.25, 0.3) is 0 Å². The van der Waals surface area contributed by atoms with Crippen molar-refractivity contribution in [1.82, 2.24) is 0 Å². The number of aliphatic carboxylic acids is 1. The number of benzene rings is 3. The minimum atomic E-state index is -0.707. The number of nitrogens with zero attached hydrogens (tertiary/aromatic N) is 1. The van der Waals surface area contributed by atoms with Crippen LogP contribution in [0, 0.1) is 5.92 Å². The molecule has 0 amide bonds. The quantitative estimate of drug-likeness (QED) is 0.195. The molecule has 3 aromatic rings. The first-order valence-corrected chi connectivity index (χ1v) is 13.4. The summed E-state index contributed by atoms with van der Waals surface area (Å²) in [4.78, 5) is 16.8. The maximum Gasteiger partial charge on any atom is 0.307 e. The van der Waals surface area contributed by atoms with Gasteiger partial charge in [-0.3, -0.25) is 9.79 Å². The molecule has 5 nitrogen and oxygen atoms in total. The first kappa shape index (κ1) is 27.2. The van der Waals surface area contributed by atoms with Crippen LogP contribution in [0.3, 0.4) is 0 Å². The Balaban J connectivity index is 1.35. The summed E-state index contributed by atoms with van der Waals surface area (Å²) in [6.07, 6.45) is 4.63. The second-order valence-corrected chi connectivity index (χ2v) is 10.0. The fraction of sp³-hybridized carbons (Fsp3) is 0.333. The third kappa shape index (κ3) is 7.12. The van der Waals surface area contributed by atoms with Crippen LogP contribution in [0.15, 0.2) is 95.3 Å². The van der Waals surface area contributed by atoms with Crippen LogP contribution in [-0.2, 0) is 17.6 Å². The van der Waals surface area contributed by atoms with E-state index in [1.54, 1.807) is 6.92 Å².